The van der Waals surface area contributed by atoms with Crippen molar-refractivity contribution in [2.24, 2.45) is 0 Å². The minimum atomic E-state index is -4.87. The molecule has 1 amide bonds. The van der Waals surface area contributed by atoms with E-state index in [2.05, 4.69) is 12.2 Å². The summed E-state index contributed by atoms with van der Waals surface area (Å²) in [6, 6.07) is 6.09. The van der Waals surface area contributed by atoms with Gasteiger partial charge in [-0.2, -0.15) is 13.2 Å². The largest absolute Gasteiger partial charge is 0.484 e. The first-order chi connectivity index (χ1) is 14.8. The first kappa shape index (κ1) is 26.7. The van der Waals surface area contributed by atoms with Crippen LogP contribution in [0.15, 0.2) is 30.3 Å². The highest BCUT2D eigenvalue weighted by molar-refractivity contribution is 5.97. The van der Waals surface area contributed by atoms with Crippen molar-refractivity contribution < 1.29 is 27.5 Å². The molecule has 1 aromatic rings. The van der Waals surface area contributed by atoms with E-state index < -0.39 is 12.0 Å². The van der Waals surface area contributed by atoms with E-state index in [-0.39, 0.29) is 12.5 Å². The summed E-state index contributed by atoms with van der Waals surface area (Å²) in [6.45, 7) is 2.72. The van der Waals surface area contributed by atoms with Gasteiger partial charge in [-0.05, 0) is 30.2 Å². The minimum Gasteiger partial charge on any atom is -0.484 e. The molecule has 0 aliphatic carbocycles. The Morgan fingerprint density at radius 1 is 0.903 bits per heavy atom. The number of nitrogens with one attached hydrogen (secondary N) is 1. The summed E-state index contributed by atoms with van der Waals surface area (Å²) >= 11 is 0. The number of alkyl halides is 3. The molecule has 1 rings (SSSR count). The van der Waals surface area contributed by atoms with Gasteiger partial charge in [0.15, 0.2) is 6.61 Å². The van der Waals surface area contributed by atoms with Crippen LogP contribution < -0.4 is 10.1 Å². The highest BCUT2D eigenvalue weighted by atomic mass is 19.4. The van der Waals surface area contributed by atoms with E-state index in [9.17, 15) is 22.8 Å². The monoisotopic (exact) mass is 441 g/mol. The maximum absolute atomic E-state index is 12.2. The number of hydrogen-bond donors (Lipinski definition) is 1. The van der Waals surface area contributed by atoms with Crippen LogP contribution in [0.3, 0.4) is 0 Å². The molecule has 31 heavy (non-hydrogen) atoms. The van der Waals surface area contributed by atoms with Gasteiger partial charge in [0.05, 0.1) is 0 Å². The molecule has 0 atom stereocenters. The molecule has 1 aromatic carbocycles. The van der Waals surface area contributed by atoms with Crippen LogP contribution in [0.4, 0.5) is 13.2 Å². The van der Waals surface area contributed by atoms with Crippen molar-refractivity contribution in [1.82, 2.24) is 5.32 Å². The fraction of sp³-hybridized carbons (Fsp3) is 0.583. The fourth-order valence-corrected chi connectivity index (χ4v) is 2.98. The van der Waals surface area contributed by atoms with Crippen LogP contribution in [0, 0.1) is 0 Å². The molecular weight excluding hydrogens is 407 g/mol. The molecule has 0 aliphatic heterocycles. The van der Waals surface area contributed by atoms with E-state index >= 15 is 0 Å². The summed E-state index contributed by atoms with van der Waals surface area (Å²) in [7, 11) is 0. The van der Waals surface area contributed by atoms with Crippen LogP contribution in [0.5, 0.6) is 5.75 Å². The van der Waals surface area contributed by atoms with Gasteiger partial charge in [-0.15, -0.1) is 0 Å². The quantitative estimate of drug-likeness (QED) is 0.244. The SMILES string of the molecule is CCCCCCCCCCCCNC(=O)COc1ccc(C=CC(=O)C(F)(F)F)cc1. The van der Waals surface area contributed by atoms with Gasteiger partial charge in [-0.1, -0.05) is 82.9 Å². The van der Waals surface area contributed by atoms with Gasteiger partial charge in [0.25, 0.3) is 11.7 Å². The lowest BCUT2D eigenvalue weighted by Gasteiger charge is -2.08. The molecule has 0 saturated heterocycles. The molecule has 4 nitrogen and oxygen atoms in total. The van der Waals surface area contributed by atoms with Crippen LogP contribution in [0.1, 0.15) is 76.7 Å². The van der Waals surface area contributed by atoms with Crippen molar-refractivity contribution in [3.63, 3.8) is 0 Å². The van der Waals surface area contributed by atoms with Crippen molar-refractivity contribution >= 4 is 17.8 Å². The Morgan fingerprint density at radius 2 is 1.45 bits per heavy atom. The second kappa shape index (κ2) is 15.5. The number of ether oxygens (including phenoxy) is 1. The third-order valence-corrected chi connectivity index (χ3v) is 4.81. The van der Waals surface area contributed by atoms with E-state index in [4.69, 9.17) is 4.74 Å². The zero-order valence-electron chi connectivity index (χ0n) is 18.3. The third kappa shape index (κ3) is 13.6. The summed E-state index contributed by atoms with van der Waals surface area (Å²) in [4.78, 5) is 22.6. The Labute approximate surface area is 183 Å². The van der Waals surface area contributed by atoms with E-state index in [0.717, 1.165) is 18.9 Å². The van der Waals surface area contributed by atoms with Crippen LogP contribution >= 0.6 is 0 Å². The van der Waals surface area contributed by atoms with Crippen LogP contribution in [-0.4, -0.2) is 31.0 Å². The van der Waals surface area contributed by atoms with Crippen LogP contribution in [0.25, 0.3) is 6.08 Å². The second-order valence-electron chi connectivity index (χ2n) is 7.58. The molecule has 0 spiro atoms. The number of unbranched alkanes of at least 4 members (excludes halogenated alkanes) is 9. The molecule has 0 heterocycles. The summed E-state index contributed by atoms with van der Waals surface area (Å²) in [6.07, 6.45) is 9.06. The number of hydrogen-bond acceptors (Lipinski definition) is 3. The normalized spacial score (nSPS) is 11.6. The molecule has 0 saturated carbocycles. The van der Waals surface area contributed by atoms with Crippen molar-refractivity contribution in [2.45, 2.75) is 77.3 Å². The first-order valence-electron chi connectivity index (χ1n) is 11.1. The van der Waals surface area contributed by atoms with E-state index in [1.807, 2.05) is 0 Å². The van der Waals surface area contributed by atoms with Gasteiger partial charge in [-0.25, -0.2) is 0 Å². The van der Waals surface area contributed by atoms with Gasteiger partial charge >= 0.3 is 6.18 Å². The molecule has 0 aromatic heterocycles. The average molecular weight is 442 g/mol. The molecule has 1 N–H and O–H groups in total. The number of carbonyl (C=O) groups excluding carboxylic acids is 2. The molecular formula is C24H34F3NO3. The standard InChI is InChI=1S/C24H34F3NO3/c1-2-3-4-5-6-7-8-9-10-11-18-28-23(30)19-31-21-15-12-20(13-16-21)14-17-22(29)24(25,26)27/h12-17H,2-11,18-19H2,1H3,(H,28,30). The van der Waals surface area contributed by atoms with Gasteiger partial charge in [0.2, 0.25) is 0 Å². The molecule has 0 unspecified atom stereocenters. The molecule has 174 valence electrons. The Balaban J connectivity index is 2.10. The molecule has 0 bridgehead atoms. The van der Waals surface area contributed by atoms with Crippen molar-refractivity contribution in [3.8, 4) is 5.75 Å². The van der Waals surface area contributed by atoms with Gasteiger partial charge in [0, 0.05) is 6.54 Å². The zero-order chi connectivity index (χ0) is 23.0. The first-order valence-corrected chi connectivity index (χ1v) is 11.1. The van der Waals surface area contributed by atoms with Gasteiger partial charge in [-0.3, -0.25) is 9.59 Å². The summed E-state index contributed by atoms with van der Waals surface area (Å²) in [5.41, 5.74) is 0.426. The van der Waals surface area contributed by atoms with Crippen molar-refractivity contribution in [1.29, 1.82) is 0 Å². The average Bonchev–Trinajstić information content (AvgIpc) is 2.74. The lowest BCUT2D eigenvalue weighted by molar-refractivity contribution is -0.165. The molecule has 0 radical (unpaired) electrons. The van der Waals surface area contributed by atoms with E-state index in [0.29, 0.717) is 23.9 Å². The van der Waals surface area contributed by atoms with E-state index in [1.54, 1.807) is 0 Å². The number of amides is 1. The van der Waals surface area contributed by atoms with Crippen molar-refractivity contribution in [2.75, 3.05) is 13.2 Å². The van der Waals surface area contributed by atoms with Gasteiger partial charge in [0.1, 0.15) is 5.75 Å². The van der Waals surface area contributed by atoms with E-state index in [1.165, 1.54) is 75.6 Å². The van der Waals surface area contributed by atoms with Crippen LogP contribution in [-0.2, 0) is 9.59 Å². The highest BCUT2D eigenvalue weighted by Gasteiger charge is 2.35. The lowest BCUT2D eigenvalue weighted by atomic mass is 10.1. The number of carbonyl (C=O) groups is 2. The molecule has 0 aliphatic rings. The predicted molar refractivity (Wildman–Crippen MR) is 117 cm³/mol. The summed E-state index contributed by atoms with van der Waals surface area (Å²) in [5.74, 6) is -1.70. The van der Waals surface area contributed by atoms with Gasteiger partial charge < -0.3 is 10.1 Å². The number of ketones is 1. The Hall–Kier alpha value is -2.31. The number of benzene rings is 1. The summed E-state index contributed by atoms with van der Waals surface area (Å²) in [5, 5.41) is 2.82. The van der Waals surface area contributed by atoms with Crippen molar-refractivity contribution in [3.05, 3.63) is 35.9 Å². The second-order valence-corrected chi connectivity index (χ2v) is 7.58. The smallest absolute Gasteiger partial charge is 0.454 e. The Kier molecular flexibility index (Phi) is 13.3. The lowest BCUT2D eigenvalue weighted by Crippen LogP contribution is -2.29. The Bertz CT molecular complexity index is 670. The van der Waals surface area contributed by atoms with Crippen LogP contribution in [0.2, 0.25) is 0 Å². The predicted octanol–water partition coefficient (Wildman–Crippen LogP) is 6.25. The third-order valence-electron chi connectivity index (χ3n) is 4.81. The topological polar surface area (TPSA) is 55.4 Å². The Morgan fingerprint density at radius 3 is 2.00 bits per heavy atom. The fourth-order valence-electron chi connectivity index (χ4n) is 2.98. The highest BCUT2D eigenvalue weighted by Crippen LogP contribution is 2.18. The number of rotatable bonds is 16. The zero-order valence-corrected chi connectivity index (χ0v) is 18.3. The summed E-state index contributed by atoms with van der Waals surface area (Å²) < 4.78 is 41.9. The maximum atomic E-state index is 12.2. The number of halogens is 3. The maximum Gasteiger partial charge on any atom is 0.454 e. The number of allylic oxidation sites excluding steroid dienone is 1. The minimum absolute atomic E-state index is 0.125. The molecule has 0 fully saturated rings. The molecule has 7 heteroatoms.